The zero-order valence-corrected chi connectivity index (χ0v) is 18.1. The summed E-state index contributed by atoms with van der Waals surface area (Å²) in [7, 11) is 0. The number of aromatic nitrogens is 6. The average molecular weight is 375 g/mol. The van der Waals surface area contributed by atoms with Crippen molar-refractivity contribution in [3.63, 3.8) is 0 Å². The normalized spacial score (nSPS) is 8.15. The number of H-pyrrole nitrogens is 1. The third kappa shape index (κ3) is 10.7. The summed E-state index contributed by atoms with van der Waals surface area (Å²) in [4.78, 5) is 3.97. The maximum Gasteiger partial charge on any atom is 0.155 e. The van der Waals surface area contributed by atoms with E-state index in [0.717, 1.165) is 16.7 Å². The zero-order chi connectivity index (χ0) is 20.9. The van der Waals surface area contributed by atoms with Gasteiger partial charge in [-0.25, -0.2) is 9.50 Å². The van der Waals surface area contributed by atoms with Crippen LogP contribution in [-0.2, 0) is 0 Å². The average Bonchev–Trinajstić information content (AvgIpc) is 3.43. The van der Waals surface area contributed by atoms with Gasteiger partial charge >= 0.3 is 0 Å². The van der Waals surface area contributed by atoms with E-state index >= 15 is 0 Å². The topological polar surface area (TPSA) is 71.8 Å². The van der Waals surface area contributed by atoms with Crippen LogP contribution in [0.3, 0.4) is 0 Å². The highest BCUT2D eigenvalue weighted by atomic mass is 15.3. The largest absolute Gasteiger partial charge is 0.221 e. The Morgan fingerprint density at radius 3 is 1.78 bits per heavy atom. The van der Waals surface area contributed by atoms with Crippen LogP contribution in [0.2, 0.25) is 0 Å². The van der Waals surface area contributed by atoms with E-state index in [4.69, 9.17) is 0 Å². The molecule has 0 spiro atoms. The van der Waals surface area contributed by atoms with Gasteiger partial charge in [0.1, 0.15) is 17.4 Å². The minimum absolute atomic E-state index is 0. The SMILES string of the molecule is CC.CC.CC.CCC.[HH].c1ccc2n[nH]nc2c1.c1ccn2ncnc2c1. The number of nitrogens with zero attached hydrogens (tertiary/aromatic N) is 5. The molecule has 4 aromatic rings. The predicted molar refractivity (Wildman–Crippen MR) is 119 cm³/mol. The summed E-state index contributed by atoms with van der Waals surface area (Å²) in [6.07, 6.45) is 4.65. The van der Waals surface area contributed by atoms with E-state index in [1.807, 2.05) is 90.2 Å². The van der Waals surface area contributed by atoms with E-state index in [0.29, 0.717) is 0 Å². The van der Waals surface area contributed by atoms with Gasteiger partial charge in [0.2, 0.25) is 0 Å². The number of nitrogens with one attached hydrogen (secondary N) is 1. The summed E-state index contributed by atoms with van der Waals surface area (Å²) in [6.45, 7) is 16.2. The molecular weight excluding hydrogens is 336 g/mol. The molecule has 6 nitrogen and oxygen atoms in total. The van der Waals surface area contributed by atoms with Gasteiger partial charge in [-0.2, -0.15) is 20.5 Å². The lowest BCUT2D eigenvalue weighted by Crippen LogP contribution is -1.82. The second-order valence-corrected chi connectivity index (χ2v) is 4.28. The molecule has 6 heteroatoms. The van der Waals surface area contributed by atoms with E-state index in [9.17, 15) is 0 Å². The van der Waals surface area contributed by atoms with Crippen LogP contribution in [-0.4, -0.2) is 30.0 Å². The van der Waals surface area contributed by atoms with Crippen LogP contribution in [0.25, 0.3) is 16.7 Å². The fraction of sp³-hybridized carbons (Fsp3) is 0.429. The Labute approximate surface area is 165 Å². The van der Waals surface area contributed by atoms with E-state index < -0.39 is 0 Å². The molecule has 0 aliphatic rings. The van der Waals surface area contributed by atoms with Crippen LogP contribution in [0.1, 0.15) is 63.2 Å². The molecule has 0 amide bonds. The fourth-order valence-electron chi connectivity index (χ4n) is 1.55. The number of hydrogen-bond acceptors (Lipinski definition) is 4. The van der Waals surface area contributed by atoms with Crippen molar-refractivity contribution < 1.29 is 1.43 Å². The number of hydrogen-bond donors (Lipinski definition) is 1. The van der Waals surface area contributed by atoms with Crippen LogP contribution in [0, 0.1) is 0 Å². The van der Waals surface area contributed by atoms with Crippen molar-refractivity contribution >= 4 is 16.7 Å². The van der Waals surface area contributed by atoms with Crippen LogP contribution < -0.4 is 0 Å². The molecular formula is C21H38N6. The second-order valence-electron chi connectivity index (χ2n) is 4.28. The number of benzene rings is 1. The molecule has 27 heavy (non-hydrogen) atoms. The molecule has 0 saturated heterocycles. The standard InChI is InChI=1S/2C6H5N3.C3H8.3C2H6.H2/c1-2-4-9-6(3-1)7-5-8-9;1-2-4-6-5(3-1)7-9-8-6;1-3-2;3*1-2;/h1-5H;1-4H,(H,7,8,9);3H2,1-2H3;3*1-2H3;1H. The van der Waals surface area contributed by atoms with Crippen molar-refractivity contribution in [2.24, 2.45) is 0 Å². The van der Waals surface area contributed by atoms with Gasteiger partial charge in [0.15, 0.2) is 5.65 Å². The number of aromatic amines is 1. The molecule has 0 fully saturated rings. The molecule has 0 saturated carbocycles. The summed E-state index contributed by atoms with van der Waals surface area (Å²) in [5.74, 6) is 0. The smallest absolute Gasteiger partial charge is 0.155 e. The van der Waals surface area contributed by atoms with Crippen molar-refractivity contribution in [1.82, 2.24) is 30.0 Å². The Morgan fingerprint density at radius 2 is 1.30 bits per heavy atom. The van der Waals surface area contributed by atoms with Crippen LogP contribution in [0.4, 0.5) is 0 Å². The van der Waals surface area contributed by atoms with E-state index in [1.54, 1.807) is 4.52 Å². The molecule has 0 aliphatic carbocycles. The summed E-state index contributed by atoms with van der Waals surface area (Å²) in [5, 5.41) is 14.2. The van der Waals surface area contributed by atoms with Crippen molar-refractivity contribution in [2.75, 3.05) is 0 Å². The quantitative estimate of drug-likeness (QED) is 0.385. The van der Waals surface area contributed by atoms with Crippen LogP contribution in [0.15, 0.2) is 55.0 Å². The maximum atomic E-state index is 3.97. The summed E-state index contributed by atoms with van der Waals surface area (Å²) in [6, 6.07) is 13.5. The summed E-state index contributed by atoms with van der Waals surface area (Å²) >= 11 is 0. The number of rotatable bonds is 0. The Bertz CT molecular complexity index is 656. The van der Waals surface area contributed by atoms with Crippen molar-refractivity contribution in [1.29, 1.82) is 0 Å². The Kier molecular flexibility index (Phi) is 19.2. The predicted octanol–water partition coefficient (Wildman–Crippen LogP) is 6.43. The van der Waals surface area contributed by atoms with Gasteiger partial charge in [0, 0.05) is 7.62 Å². The molecule has 1 N–H and O–H groups in total. The molecule has 152 valence electrons. The van der Waals surface area contributed by atoms with Gasteiger partial charge in [0.05, 0.1) is 0 Å². The monoisotopic (exact) mass is 374 g/mol. The lowest BCUT2D eigenvalue weighted by molar-refractivity contribution is 0.959. The Morgan fingerprint density at radius 1 is 0.815 bits per heavy atom. The molecule has 0 atom stereocenters. The highest BCUT2D eigenvalue weighted by Gasteiger charge is 1.90. The second kappa shape index (κ2) is 19.6. The van der Waals surface area contributed by atoms with E-state index in [-0.39, 0.29) is 1.43 Å². The number of pyridine rings is 1. The van der Waals surface area contributed by atoms with Crippen LogP contribution >= 0.6 is 0 Å². The minimum atomic E-state index is 0. The molecule has 0 radical (unpaired) electrons. The zero-order valence-electron chi connectivity index (χ0n) is 18.1. The van der Waals surface area contributed by atoms with Crippen LogP contribution in [0.5, 0.6) is 0 Å². The van der Waals surface area contributed by atoms with Gasteiger partial charge in [-0.3, -0.25) is 0 Å². The first-order valence-corrected chi connectivity index (χ1v) is 9.85. The van der Waals surface area contributed by atoms with Crippen molar-refractivity contribution in [3.05, 3.63) is 55.0 Å². The third-order valence-electron chi connectivity index (χ3n) is 2.41. The Balaban J connectivity index is -0.000000312. The first-order valence-electron chi connectivity index (χ1n) is 9.85. The highest BCUT2D eigenvalue weighted by molar-refractivity contribution is 5.72. The minimum Gasteiger partial charge on any atom is -0.221 e. The first kappa shape index (κ1) is 26.5. The Hall–Kier alpha value is -2.76. The lowest BCUT2D eigenvalue weighted by atomic mass is 10.3. The van der Waals surface area contributed by atoms with Gasteiger partial charge in [0.25, 0.3) is 0 Å². The molecule has 3 heterocycles. The number of fused-ring (bicyclic) bond motifs is 2. The fourth-order valence-corrected chi connectivity index (χ4v) is 1.55. The molecule has 0 bridgehead atoms. The molecule has 1 aromatic carbocycles. The van der Waals surface area contributed by atoms with Gasteiger partial charge in [-0.05, 0) is 24.3 Å². The van der Waals surface area contributed by atoms with Gasteiger partial charge in [-0.15, -0.1) is 0 Å². The maximum absolute atomic E-state index is 3.97. The summed E-state index contributed by atoms with van der Waals surface area (Å²) in [5.41, 5.74) is 2.72. The van der Waals surface area contributed by atoms with Gasteiger partial charge in [-0.1, -0.05) is 80.0 Å². The van der Waals surface area contributed by atoms with Crippen molar-refractivity contribution in [3.8, 4) is 0 Å². The first-order chi connectivity index (χ1) is 13.3. The molecule has 3 aromatic heterocycles. The summed E-state index contributed by atoms with van der Waals surface area (Å²) < 4.78 is 1.72. The van der Waals surface area contributed by atoms with Crippen molar-refractivity contribution in [2.45, 2.75) is 61.8 Å². The van der Waals surface area contributed by atoms with Gasteiger partial charge < -0.3 is 0 Å². The molecule has 4 rings (SSSR count). The molecule has 0 unspecified atom stereocenters. The molecule has 0 aliphatic heterocycles. The number of para-hydroxylation sites is 2. The third-order valence-corrected chi connectivity index (χ3v) is 2.41. The van der Waals surface area contributed by atoms with E-state index in [1.165, 1.54) is 12.7 Å². The highest BCUT2D eigenvalue weighted by Crippen LogP contribution is 2.03. The van der Waals surface area contributed by atoms with E-state index in [2.05, 4.69) is 39.3 Å². The lowest BCUT2D eigenvalue weighted by Gasteiger charge is -1.84.